The lowest BCUT2D eigenvalue weighted by Gasteiger charge is -2.29. The van der Waals surface area contributed by atoms with E-state index in [2.05, 4.69) is 25.4 Å². The van der Waals surface area contributed by atoms with Crippen LogP contribution in [0.3, 0.4) is 0 Å². The molecular formula is C26H29F3N6O. The maximum Gasteiger partial charge on any atom is 0.420 e. The molecule has 190 valence electrons. The van der Waals surface area contributed by atoms with Crippen molar-refractivity contribution < 1.29 is 18.3 Å². The molecule has 1 saturated heterocycles. The number of piperazine rings is 1. The Labute approximate surface area is 207 Å². The average molecular weight is 499 g/mol. The van der Waals surface area contributed by atoms with Gasteiger partial charge in [-0.1, -0.05) is 26.0 Å². The summed E-state index contributed by atoms with van der Waals surface area (Å²) in [6.07, 6.45) is 2.95. The highest BCUT2D eigenvalue weighted by Gasteiger charge is 2.34. The minimum absolute atomic E-state index is 0.0859. The van der Waals surface area contributed by atoms with Gasteiger partial charge in [-0.15, -0.1) is 10.2 Å². The number of aromatic hydroxyl groups is 1. The van der Waals surface area contributed by atoms with Gasteiger partial charge in [-0.3, -0.25) is 0 Å². The average Bonchev–Trinajstić information content (AvgIpc) is 3.08. The predicted molar refractivity (Wildman–Crippen MR) is 136 cm³/mol. The molecule has 3 aromatic rings. The molecule has 2 aromatic heterocycles. The molecule has 0 spiro atoms. The van der Waals surface area contributed by atoms with Crippen LogP contribution in [0.15, 0.2) is 59.0 Å². The largest absolute Gasteiger partial charge is 0.507 e. The summed E-state index contributed by atoms with van der Waals surface area (Å²) < 4.78 is 42.4. The predicted octanol–water partition coefficient (Wildman–Crippen LogP) is 5.03. The fourth-order valence-electron chi connectivity index (χ4n) is 4.24. The number of nitrogens with one attached hydrogen (secondary N) is 1. The van der Waals surface area contributed by atoms with Crippen molar-refractivity contribution in [1.82, 2.24) is 19.6 Å². The van der Waals surface area contributed by atoms with E-state index in [1.54, 1.807) is 37.5 Å². The Morgan fingerprint density at radius 3 is 2.44 bits per heavy atom. The first kappa shape index (κ1) is 25.4. The topological polar surface area (TPSA) is 77.5 Å². The fourth-order valence-corrected chi connectivity index (χ4v) is 4.24. The van der Waals surface area contributed by atoms with Crippen molar-refractivity contribution in [1.29, 1.82) is 0 Å². The van der Waals surface area contributed by atoms with Crippen LogP contribution in [0.4, 0.5) is 13.2 Å². The molecule has 0 atom stereocenters. The molecule has 2 aliphatic heterocycles. The third-order valence-electron chi connectivity index (χ3n) is 5.92. The van der Waals surface area contributed by atoms with Gasteiger partial charge in [-0.2, -0.15) is 13.2 Å². The first-order valence-electron chi connectivity index (χ1n) is 12.0. The van der Waals surface area contributed by atoms with Crippen molar-refractivity contribution in [2.24, 2.45) is 10.2 Å². The first-order valence-corrected chi connectivity index (χ1v) is 12.0. The van der Waals surface area contributed by atoms with Gasteiger partial charge in [0.25, 0.3) is 0 Å². The van der Waals surface area contributed by atoms with Gasteiger partial charge in [0, 0.05) is 50.6 Å². The molecule has 36 heavy (non-hydrogen) atoms. The number of rotatable bonds is 2. The zero-order chi connectivity index (χ0) is 25.9. The molecule has 7 nitrogen and oxygen atoms in total. The highest BCUT2D eigenvalue weighted by Crippen LogP contribution is 2.36. The van der Waals surface area contributed by atoms with Gasteiger partial charge < -0.3 is 19.7 Å². The van der Waals surface area contributed by atoms with Crippen LogP contribution >= 0.6 is 0 Å². The number of pyridine rings is 1. The second-order valence-corrected chi connectivity index (χ2v) is 8.33. The number of fused-ring (bicyclic) bond motifs is 1. The van der Waals surface area contributed by atoms with E-state index in [0.29, 0.717) is 34.5 Å². The quantitative estimate of drug-likeness (QED) is 0.520. The summed E-state index contributed by atoms with van der Waals surface area (Å²) in [5.41, 5.74) is 1.23. The zero-order valence-electron chi connectivity index (χ0n) is 20.5. The smallest absolute Gasteiger partial charge is 0.420 e. The highest BCUT2D eigenvalue weighted by atomic mass is 19.4. The Hall–Kier alpha value is -3.66. The standard InChI is InChI=1S/C24H23F3N6O.C2H6/c1-15-13-33-14-17(11-19(23(33)29-15)24(25,26)27)16-5-6-18(21(34)12-16)20-3-2-4-22(31-30-20)32-9-7-28-8-10-32;1-2/h2-3,5-6,11-14,28,34H,4,7-10H2,1H3;1-2H3. The fraction of sp³-hybridized carbons (Fsp3) is 0.346. The lowest BCUT2D eigenvalue weighted by molar-refractivity contribution is -0.136. The highest BCUT2D eigenvalue weighted by molar-refractivity contribution is 6.11. The molecule has 5 rings (SSSR count). The maximum atomic E-state index is 13.7. The molecule has 1 fully saturated rings. The summed E-state index contributed by atoms with van der Waals surface area (Å²) in [5.74, 6) is 0.782. The van der Waals surface area contributed by atoms with E-state index < -0.39 is 11.7 Å². The molecule has 2 N–H and O–H groups in total. The van der Waals surface area contributed by atoms with Crippen LogP contribution in [0.2, 0.25) is 0 Å². The molecule has 2 aliphatic rings. The van der Waals surface area contributed by atoms with Crippen molar-refractivity contribution in [3.63, 3.8) is 0 Å². The van der Waals surface area contributed by atoms with Crippen LogP contribution in [-0.4, -0.2) is 57.1 Å². The normalized spacial score (nSPS) is 16.2. The number of nitrogens with zero attached hydrogens (tertiary/aromatic N) is 5. The number of halogens is 3. The van der Waals surface area contributed by atoms with E-state index in [1.807, 2.05) is 19.9 Å². The SMILES string of the molecule is CC.Cc1cn2cc(-c3ccc(C4=NN=C(N5CCNCC5)CC=C4)c(O)c3)cc(C(F)(F)F)c2n1. The molecule has 0 aliphatic carbocycles. The Balaban J connectivity index is 0.00000148. The van der Waals surface area contributed by atoms with E-state index in [1.165, 1.54) is 10.5 Å². The van der Waals surface area contributed by atoms with E-state index in [4.69, 9.17) is 0 Å². The van der Waals surface area contributed by atoms with E-state index in [9.17, 15) is 18.3 Å². The van der Waals surface area contributed by atoms with Crippen molar-refractivity contribution in [3.05, 3.63) is 65.6 Å². The molecule has 0 amide bonds. The van der Waals surface area contributed by atoms with Crippen LogP contribution in [0.1, 0.15) is 37.1 Å². The van der Waals surface area contributed by atoms with Gasteiger partial charge >= 0.3 is 6.18 Å². The third kappa shape index (κ3) is 5.28. The molecule has 0 bridgehead atoms. The summed E-state index contributed by atoms with van der Waals surface area (Å²) in [6, 6.07) is 5.82. The number of imidazole rings is 1. The number of benzene rings is 1. The van der Waals surface area contributed by atoms with Crippen LogP contribution in [0.5, 0.6) is 5.75 Å². The molecule has 0 saturated carbocycles. The Bertz CT molecular complexity index is 1330. The van der Waals surface area contributed by atoms with E-state index in [0.717, 1.165) is 38.1 Å². The van der Waals surface area contributed by atoms with Gasteiger partial charge in [0.05, 0.1) is 17.0 Å². The molecule has 0 radical (unpaired) electrons. The van der Waals surface area contributed by atoms with Gasteiger partial charge in [-0.25, -0.2) is 4.98 Å². The number of aromatic nitrogens is 2. The molecule has 1 aromatic carbocycles. The number of amidine groups is 1. The number of phenolic OH excluding ortho intramolecular Hbond substituents is 1. The number of hydrogen-bond donors (Lipinski definition) is 2. The molecule has 4 heterocycles. The number of phenols is 1. The molecule has 10 heteroatoms. The number of alkyl halides is 3. The monoisotopic (exact) mass is 498 g/mol. The summed E-state index contributed by atoms with van der Waals surface area (Å²) in [4.78, 5) is 6.19. The minimum atomic E-state index is -4.56. The van der Waals surface area contributed by atoms with Crippen molar-refractivity contribution in [2.45, 2.75) is 33.4 Å². The lowest BCUT2D eigenvalue weighted by Crippen LogP contribution is -2.46. The van der Waals surface area contributed by atoms with Gasteiger partial charge in [0.15, 0.2) is 0 Å². The van der Waals surface area contributed by atoms with Crippen molar-refractivity contribution in [2.75, 3.05) is 26.2 Å². The Kier molecular flexibility index (Phi) is 7.44. The van der Waals surface area contributed by atoms with Gasteiger partial charge in [0.1, 0.15) is 17.2 Å². The third-order valence-corrected chi connectivity index (χ3v) is 5.92. The summed E-state index contributed by atoms with van der Waals surface area (Å²) in [7, 11) is 0. The Morgan fingerprint density at radius 2 is 1.75 bits per heavy atom. The van der Waals surface area contributed by atoms with Crippen LogP contribution in [0, 0.1) is 6.92 Å². The van der Waals surface area contributed by atoms with Crippen LogP contribution in [0.25, 0.3) is 16.8 Å². The van der Waals surface area contributed by atoms with Crippen LogP contribution < -0.4 is 5.32 Å². The summed E-state index contributed by atoms with van der Waals surface area (Å²) in [6.45, 7) is 9.14. The van der Waals surface area contributed by atoms with Crippen LogP contribution in [-0.2, 0) is 6.18 Å². The lowest BCUT2D eigenvalue weighted by atomic mass is 10.0. The zero-order valence-corrected chi connectivity index (χ0v) is 20.5. The second-order valence-electron chi connectivity index (χ2n) is 8.33. The Morgan fingerprint density at radius 1 is 1.00 bits per heavy atom. The number of allylic oxidation sites excluding steroid dienone is 1. The molecular weight excluding hydrogens is 469 g/mol. The maximum absolute atomic E-state index is 13.7. The van der Waals surface area contributed by atoms with Gasteiger partial charge in [0.2, 0.25) is 0 Å². The summed E-state index contributed by atoms with van der Waals surface area (Å²) in [5, 5.41) is 22.8. The first-order chi connectivity index (χ1) is 17.3. The minimum Gasteiger partial charge on any atom is -0.507 e. The van der Waals surface area contributed by atoms with E-state index >= 15 is 0 Å². The summed E-state index contributed by atoms with van der Waals surface area (Å²) >= 11 is 0. The number of aryl methyl sites for hydroxylation is 1. The molecule has 0 unspecified atom stereocenters. The van der Waals surface area contributed by atoms with Gasteiger partial charge in [-0.05, 0) is 42.3 Å². The number of hydrogen-bond acceptors (Lipinski definition) is 6. The van der Waals surface area contributed by atoms with Crippen molar-refractivity contribution in [3.8, 4) is 16.9 Å². The second kappa shape index (κ2) is 10.5. The van der Waals surface area contributed by atoms with E-state index in [-0.39, 0.29) is 11.4 Å². The van der Waals surface area contributed by atoms with Crippen molar-refractivity contribution >= 4 is 17.2 Å².